The first-order valence-electron chi connectivity index (χ1n) is 7.46. The van der Waals surface area contributed by atoms with Crippen molar-refractivity contribution in [2.75, 3.05) is 11.9 Å². The highest BCUT2D eigenvalue weighted by Crippen LogP contribution is 2.25. The van der Waals surface area contributed by atoms with E-state index in [1.54, 1.807) is 6.92 Å². The van der Waals surface area contributed by atoms with Gasteiger partial charge in [0.15, 0.2) is 0 Å². The summed E-state index contributed by atoms with van der Waals surface area (Å²) in [5, 5.41) is 26.9. The molecule has 0 saturated heterocycles. The Kier molecular flexibility index (Phi) is 5.58. The Balaban J connectivity index is 2.23. The molecule has 0 radical (unpaired) electrons. The Hall–Kier alpha value is -3.82. The fourth-order valence-corrected chi connectivity index (χ4v) is 2.14. The number of hydrogen-bond acceptors (Lipinski definition) is 6. The minimum atomic E-state index is -0.861. The molecule has 26 heavy (non-hydrogen) atoms. The minimum absolute atomic E-state index is 0.267. The van der Waals surface area contributed by atoms with Gasteiger partial charge in [0.2, 0.25) is 0 Å². The van der Waals surface area contributed by atoms with Gasteiger partial charge in [0, 0.05) is 23.9 Å². The van der Waals surface area contributed by atoms with E-state index in [1.165, 1.54) is 24.3 Å². The van der Waals surface area contributed by atoms with Gasteiger partial charge in [0.25, 0.3) is 23.2 Å². The minimum Gasteiger partial charge on any atom is -0.352 e. The highest BCUT2D eigenvalue weighted by atomic mass is 16.6. The van der Waals surface area contributed by atoms with E-state index in [4.69, 9.17) is 0 Å². The number of amides is 2. The first kappa shape index (κ1) is 18.5. The van der Waals surface area contributed by atoms with Crippen LogP contribution in [0.15, 0.2) is 42.5 Å². The van der Waals surface area contributed by atoms with Gasteiger partial charge in [-0.15, -0.1) is 0 Å². The number of nitrogens with zero attached hydrogens (tertiary/aromatic N) is 2. The molecule has 2 aromatic carbocycles. The molecule has 0 fully saturated rings. The maximum atomic E-state index is 12.3. The zero-order valence-electron chi connectivity index (χ0n) is 13.6. The number of benzene rings is 2. The zero-order valence-corrected chi connectivity index (χ0v) is 13.6. The lowest BCUT2D eigenvalue weighted by molar-refractivity contribution is -0.394. The number of nitrogens with one attached hydrogen (secondary N) is 2. The summed E-state index contributed by atoms with van der Waals surface area (Å²) in [6.45, 7) is 2.25. The maximum absolute atomic E-state index is 12.3. The van der Waals surface area contributed by atoms with Gasteiger partial charge in [0.1, 0.15) is 5.56 Å². The smallest absolute Gasteiger partial charge is 0.289 e. The van der Waals surface area contributed by atoms with Crippen molar-refractivity contribution in [2.45, 2.75) is 6.92 Å². The number of anilines is 1. The van der Waals surface area contributed by atoms with Gasteiger partial charge in [0.05, 0.1) is 15.9 Å². The van der Waals surface area contributed by atoms with Gasteiger partial charge in [-0.05, 0) is 37.3 Å². The fourth-order valence-electron chi connectivity index (χ4n) is 2.14. The van der Waals surface area contributed by atoms with Crippen LogP contribution in [-0.4, -0.2) is 28.2 Å². The fraction of sp³-hybridized carbons (Fsp3) is 0.125. The Morgan fingerprint density at radius 2 is 1.62 bits per heavy atom. The lowest BCUT2D eigenvalue weighted by Gasteiger charge is -2.07. The normalized spacial score (nSPS) is 10.0. The highest BCUT2D eigenvalue weighted by molar-refractivity contribution is 6.07. The van der Waals surface area contributed by atoms with Crippen LogP contribution in [0.3, 0.4) is 0 Å². The van der Waals surface area contributed by atoms with Crippen molar-refractivity contribution in [1.82, 2.24) is 5.32 Å². The lowest BCUT2D eigenvalue weighted by Crippen LogP contribution is -2.22. The molecule has 0 atom stereocenters. The predicted octanol–water partition coefficient (Wildman–Crippen LogP) is 2.51. The first-order chi connectivity index (χ1) is 12.3. The number of rotatable bonds is 6. The molecule has 0 aliphatic carbocycles. The van der Waals surface area contributed by atoms with E-state index in [1.807, 2.05) is 0 Å². The average molecular weight is 358 g/mol. The van der Waals surface area contributed by atoms with Crippen LogP contribution in [0.25, 0.3) is 0 Å². The van der Waals surface area contributed by atoms with Gasteiger partial charge in [-0.2, -0.15) is 0 Å². The van der Waals surface area contributed by atoms with E-state index < -0.39 is 27.1 Å². The molecule has 2 rings (SSSR count). The molecule has 2 amide bonds. The van der Waals surface area contributed by atoms with Crippen molar-refractivity contribution in [3.05, 3.63) is 73.8 Å². The van der Waals surface area contributed by atoms with Crippen molar-refractivity contribution >= 4 is 28.9 Å². The van der Waals surface area contributed by atoms with Crippen molar-refractivity contribution in [3.8, 4) is 0 Å². The van der Waals surface area contributed by atoms with Gasteiger partial charge in [-0.3, -0.25) is 29.8 Å². The summed E-state index contributed by atoms with van der Waals surface area (Å²) >= 11 is 0. The Bertz CT molecular complexity index is 879. The average Bonchev–Trinajstić information content (AvgIpc) is 2.61. The molecule has 10 heteroatoms. The molecule has 10 nitrogen and oxygen atoms in total. The van der Waals surface area contributed by atoms with Gasteiger partial charge < -0.3 is 10.6 Å². The van der Waals surface area contributed by atoms with Crippen LogP contribution in [0.4, 0.5) is 17.1 Å². The molecule has 0 unspecified atom stereocenters. The molecule has 0 aliphatic rings. The van der Waals surface area contributed by atoms with Gasteiger partial charge in [-0.1, -0.05) is 0 Å². The summed E-state index contributed by atoms with van der Waals surface area (Å²) in [5.74, 6) is -1.06. The molecule has 2 aromatic rings. The number of nitro groups is 2. The van der Waals surface area contributed by atoms with E-state index in [-0.39, 0.29) is 11.5 Å². The summed E-state index contributed by atoms with van der Waals surface area (Å²) in [6, 6.07) is 8.69. The van der Waals surface area contributed by atoms with E-state index >= 15 is 0 Å². The quantitative estimate of drug-likeness (QED) is 0.599. The monoisotopic (exact) mass is 358 g/mol. The largest absolute Gasteiger partial charge is 0.352 e. The van der Waals surface area contributed by atoms with E-state index in [2.05, 4.69) is 10.6 Å². The topological polar surface area (TPSA) is 144 Å². The molecule has 134 valence electrons. The summed E-state index contributed by atoms with van der Waals surface area (Å²) in [4.78, 5) is 44.1. The second-order valence-electron chi connectivity index (χ2n) is 5.11. The number of hydrogen-bond donors (Lipinski definition) is 2. The van der Waals surface area contributed by atoms with Crippen LogP contribution in [-0.2, 0) is 0 Å². The van der Waals surface area contributed by atoms with Crippen molar-refractivity contribution in [2.24, 2.45) is 0 Å². The maximum Gasteiger partial charge on any atom is 0.289 e. The van der Waals surface area contributed by atoms with Crippen LogP contribution in [0, 0.1) is 20.2 Å². The molecule has 0 aliphatic heterocycles. The third kappa shape index (κ3) is 4.17. The van der Waals surface area contributed by atoms with E-state index in [9.17, 15) is 29.8 Å². The summed E-state index contributed by atoms with van der Waals surface area (Å²) in [6.07, 6.45) is 0. The highest BCUT2D eigenvalue weighted by Gasteiger charge is 2.24. The van der Waals surface area contributed by atoms with Crippen LogP contribution in [0.5, 0.6) is 0 Å². The van der Waals surface area contributed by atoms with E-state index in [0.717, 1.165) is 18.2 Å². The number of non-ortho nitro benzene ring substituents is 1. The number of nitro benzene ring substituents is 2. The van der Waals surface area contributed by atoms with E-state index in [0.29, 0.717) is 17.8 Å². The van der Waals surface area contributed by atoms with Gasteiger partial charge >= 0.3 is 0 Å². The standard InChI is InChI=1S/C16H14N4O6/c1-2-17-15(21)10-3-5-11(6-4-10)18-16(22)13-8-7-12(19(23)24)9-14(13)20(25)26/h3-9H,2H2,1H3,(H,17,21)(H,18,22). The molecule has 0 spiro atoms. The first-order valence-corrected chi connectivity index (χ1v) is 7.46. The molecule has 0 saturated carbocycles. The summed E-state index contributed by atoms with van der Waals surface area (Å²) in [5.41, 5.74) is -0.759. The molecule has 2 N–H and O–H groups in total. The molecular weight excluding hydrogens is 344 g/mol. The van der Waals surface area contributed by atoms with Crippen LogP contribution in [0.1, 0.15) is 27.6 Å². The lowest BCUT2D eigenvalue weighted by atomic mass is 10.1. The second kappa shape index (κ2) is 7.83. The third-order valence-corrected chi connectivity index (χ3v) is 3.38. The van der Waals surface area contributed by atoms with Crippen molar-refractivity contribution in [1.29, 1.82) is 0 Å². The summed E-state index contributed by atoms with van der Waals surface area (Å²) in [7, 11) is 0. The zero-order chi connectivity index (χ0) is 19.3. The van der Waals surface area contributed by atoms with Crippen LogP contribution >= 0.6 is 0 Å². The van der Waals surface area contributed by atoms with Crippen LogP contribution < -0.4 is 10.6 Å². The van der Waals surface area contributed by atoms with Crippen molar-refractivity contribution in [3.63, 3.8) is 0 Å². The SMILES string of the molecule is CCNC(=O)c1ccc(NC(=O)c2ccc([N+](=O)[O-])cc2[N+](=O)[O-])cc1. The Labute approximate surface area is 147 Å². The Morgan fingerprint density at radius 1 is 0.962 bits per heavy atom. The number of carbonyl (C=O) groups is 2. The van der Waals surface area contributed by atoms with Crippen LogP contribution in [0.2, 0.25) is 0 Å². The Morgan fingerprint density at radius 3 is 2.15 bits per heavy atom. The molecular formula is C16H14N4O6. The predicted molar refractivity (Wildman–Crippen MR) is 92.2 cm³/mol. The molecule has 0 bridgehead atoms. The summed E-state index contributed by atoms with van der Waals surface area (Å²) < 4.78 is 0. The van der Waals surface area contributed by atoms with Crippen molar-refractivity contribution < 1.29 is 19.4 Å². The molecule has 0 heterocycles. The number of carbonyl (C=O) groups excluding carboxylic acids is 2. The van der Waals surface area contributed by atoms with Gasteiger partial charge in [-0.25, -0.2) is 0 Å². The molecule has 0 aromatic heterocycles. The third-order valence-electron chi connectivity index (χ3n) is 3.38. The second-order valence-corrected chi connectivity index (χ2v) is 5.11.